The van der Waals surface area contributed by atoms with Crippen molar-refractivity contribution in [1.29, 1.82) is 0 Å². The minimum absolute atomic E-state index is 0.0199. The second-order valence-corrected chi connectivity index (χ2v) is 10.7. The molecule has 1 saturated carbocycles. The van der Waals surface area contributed by atoms with E-state index in [0.717, 1.165) is 32.1 Å². The lowest BCUT2D eigenvalue weighted by Gasteiger charge is -2.45. The highest BCUT2D eigenvalue weighted by molar-refractivity contribution is 5.96. The Morgan fingerprint density at radius 1 is 1.19 bits per heavy atom. The molecule has 9 heteroatoms. The van der Waals surface area contributed by atoms with Crippen molar-refractivity contribution in [2.45, 2.75) is 89.2 Å². The molecule has 2 aliphatic carbocycles. The average Bonchev–Trinajstić information content (AvgIpc) is 3.28. The van der Waals surface area contributed by atoms with Crippen molar-refractivity contribution in [1.82, 2.24) is 10.2 Å². The number of carbonyl (C=O) groups excluding carboxylic acids is 2. The van der Waals surface area contributed by atoms with Crippen molar-refractivity contribution >= 4 is 11.8 Å². The standard InChI is InChI=1S/C28H40N2O7/c1-16(2)11-23(33)30(18-7-5-4-6-8-18)21-14-20(28(35)29-9-10-31)24-19-12-17(15-32)13-22(36-3)26(19)37-27(24)25(21)34/h12-14,16,18,21,24-25,27,31-32,34H,4-11,15H2,1-3H3,(H,29,35)/t21-,24+,25+,27+/m1/s1. The summed E-state index contributed by atoms with van der Waals surface area (Å²) in [5, 5.41) is 33.6. The summed E-state index contributed by atoms with van der Waals surface area (Å²) < 4.78 is 11.8. The van der Waals surface area contributed by atoms with Crippen LogP contribution in [0.15, 0.2) is 23.8 Å². The number of hydrogen-bond acceptors (Lipinski definition) is 7. The molecule has 0 aromatic heterocycles. The van der Waals surface area contributed by atoms with Crippen LogP contribution in [0, 0.1) is 5.92 Å². The molecule has 1 heterocycles. The van der Waals surface area contributed by atoms with Crippen molar-refractivity contribution in [3.8, 4) is 11.5 Å². The van der Waals surface area contributed by atoms with Gasteiger partial charge < -0.3 is 35.0 Å². The van der Waals surface area contributed by atoms with E-state index in [0.29, 0.717) is 34.6 Å². The van der Waals surface area contributed by atoms with Gasteiger partial charge in [0.25, 0.3) is 0 Å². The van der Waals surface area contributed by atoms with Gasteiger partial charge >= 0.3 is 0 Å². The molecule has 0 bridgehead atoms. The van der Waals surface area contributed by atoms with E-state index in [1.54, 1.807) is 18.2 Å². The first-order chi connectivity index (χ1) is 17.8. The predicted molar refractivity (Wildman–Crippen MR) is 137 cm³/mol. The molecule has 1 aromatic carbocycles. The van der Waals surface area contributed by atoms with Crippen LogP contribution < -0.4 is 14.8 Å². The van der Waals surface area contributed by atoms with E-state index in [1.807, 2.05) is 18.7 Å². The van der Waals surface area contributed by atoms with Gasteiger partial charge in [-0.15, -0.1) is 0 Å². The Balaban J connectivity index is 1.81. The molecule has 0 radical (unpaired) electrons. The number of nitrogens with zero attached hydrogens (tertiary/aromatic N) is 1. The second kappa shape index (κ2) is 11.8. The van der Waals surface area contributed by atoms with Crippen LogP contribution in [0.25, 0.3) is 0 Å². The molecule has 0 spiro atoms. The third-order valence-corrected chi connectivity index (χ3v) is 7.65. The molecule has 0 unspecified atom stereocenters. The van der Waals surface area contributed by atoms with Crippen LogP contribution in [-0.2, 0) is 16.2 Å². The topological polar surface area (TPSA) is 129 Å². The Morgan fingerprint density at radius 3 is 2.54 bits per heavy atom. The van der Waals surface area contributed by atoms with Gasteiger partial charge in [-0.1, -0.05) is 33.1 Å². The van der Waals surface area contributed by atoms with E-state index in [4.69, 9.17) is 9.47 Å². The summed E-state index contributed by atoms with van der Waals surface area (Å²) in [6, 6.07) is 2.69. The SMILES string of the molecule is COc1cc(CO)cc2c1O[C@@H]1[C@@H](O)[C@H](N(C(=O)CC(C)C)C3CCCCC3)C=C(C(=O)NCCO)[C@H]21. The summed E-state index contributed by atoms with van der Waals surface area (Å²) in [6.07, 6.45) is 5.04. The number of aliphatic hydroxyl groups is 3. The molecular formula is C28H40N2O7. The second-order valence-electron chi connectivity index (χ2n) is 10.7. The summed E-state index contributed by atoms with van der Waals surface area (Å²) in [7, 11) is 1.50. The Kier molecular flexibility index (Phi) is 8.77. The van der Waals surface area contributed by atoms with Crippen molar-refractivity contribution in [2.75, 3.05) is 20.3 Å². The number of fused-ring (bicyclic) bond motifs is 3. The number of benzene rings is 1. The smallest absolute Gasteiger partial charge is 0.247 e. The van der Waals surface area contributed by atoms with E-state index >= 15 is 0 Å². The number of methoxy groups -OCH3 is 1. The third kappa shape index (κ3) is 5.49. The lowest BCUT2D eigenvalue weighted by atomic mass is 9.76. The average molecular weight is 517 g/mol. The summed E-state index contributed by atoms with van der Waals surface area (Å²) in [6.45, 7) is 3.63. The van der Waals surface area contributed by atoms with Crippen LogP contribution in [0.4, 0.5) is 0 Å². The molecule has 1 aliphatic heterocycles. The van der Waals surface area contributed by atoms with E-state index in [-0.39, 0.29) is 43.5 Å². The molecule has 0 saturated heterocycles. The molecular weight excluding hydrogens is 476 g/mol. The fourth-order valence-electron chi connectivity index (χ4n) is 6.02. The number of amides is 2. The largest absolute Gasteiger partial charge is 0.493 e. The quantitative estimate of drug-likeness (QED) is 0.395. The van der Waals surface area contributed by atoms with E-state index < -0.39 is 24.2 Å². The Morgan fingerprint density at radius 2 is 1.92 bits per heavy atom. The van der Waals surface area contributed by atoms with Crippen LogP contribution in [0.5, 0.6) is 11.5 Å². The Bertz CT molecular complexity index is 1020. The zero-order chi connectivity index (χ0) is 26.7. The maximum Gasteiger partial charge on any atom is 0.247 e. The van der Waals surface area contributed by atoms with Gasteiger partial charge in [-0.25, -0.2) is 0 Å². The van der Waals surface area contributed by atoms with Crippen LogP contribution in [0.1, 0.15) is 69.4 Å². The van der Waals surface area contributed by atoms with Gasteiger partial charge in [0.2, 0.25) is 11.8 Å². The summed E-state index contributed by atoms with van der Waals surface area (Å²) >= 11 is 0. The number of aliphatic hydroxyl groups excluding tert-OH is 3. The van der Waals surface area contributed by atoms with E-state index in [2.05, 4.69) is 5.32 Å². The molecule has 1 aromatic rings. The molecule has 204 valence electrons. The first kappa shape index (κ1) is 27.4. The molecule has 4 N–H and O–H groups in total. The maximum absolute atomic E-state index is 13.6. The number of carbonyl (C=O) groups is 2. The molecule has 3 aliphatic rings. The highest BCUT2D eigenvalue weighted by Crippen LogP contribution is 2.51. The summed E-state index contributed by atoms with van der Waals surface area (Å²) in [5.41, 5.74) is 1.62. The number of rotatable bonds is 9. The molecule has 1 fully saturated rings. The molecule has 9 nitrogen and oxygen atoms in total. The predicted octanol–water partition coefficient (Wildman–Crippen LogP) is 2.02. The van der Waals surface area contributed by atoms with Crippen molar-refractivity contribution in [2.24, 2.45) is 5.92 Å². The lowest BCUT2D eigenvalue weighted by molar-refractivity contribution is -0.142. The first-order valence-corrected chi connectivity index (χ1v) is 13.4. The van der Waals surface area contributed by atoms with Gasteiger partial charge in [-0.05, 0) is 42.5 Å². The minimum Gasteiger partial charge on any atom is -0.493 e. The summed E-state index contributed by atoms with van der Waals surface area (Å²) in [5.74, 6) is -0.0508. The normalized spacial score (nSPS) is 25.1. The fraction of sp³-hybridized carbons (Fsp3) is 0.643. The Labute approximate surface area is 218 Å². The zero-order valence-corrected chi connectivity index (χ0v) is 22.0. The first-order valence-electron chi connectivity index (χ1n) is 13.4. The van der Waals surface area contributed by atoms with Crippen LogP contribution >= 0.6 is 0 Å². The third-order valence-electron chi connectivity index (χ3n) is 7.65. The highest BCUT2D eigenvalue weighted by Gasteiger charge is 2.52. The molecule has 37 heavy (non-hydrogen) atoms. The molecule has 4 atom stereocenters. The molecule has 2 amide bonds. The maximum atomic E-state index is 13.6. The minimum atomic E-state index is -1.08. The van der Waals surface area contributed by atoms with E-state index in [1.165, 1.54) is 7.11 Å². The van der Waals surface area contributed by atoms with Crippen molar-refractivity contribution < 1.29 is 34.4 Å². The van der Waals surface area contributed by atoms with Crippen LogP contribution in [-0.4, -0.2) is 76.6 Å². The molecule has 4 rings (SSSR count). The lowest BCUT2D eigenvalue weighted by Crippen LogP contribution is -2.58. The summed E-state index contributed by atoms with van der Waals surface area (Å²) in [4.78, 5) is 28.8. The van der Waals surface area contributed by atoms with Crippen molar-refractivity contribution in [3.63, 3.8) is 0 Å². The van der Waals surface area contributed by atoms with Gasteiger partial charge in [0.15, 0.2) is 11.5 Å². The van der Waals surface area contributed by atoms with E-state index in [9.17, 15) is 24.9 Å². The van der Waals surface area contributed by atoms with Gasteiger partial charge in [0.1, 0.15) is 12.2 Å². The monoisotopic (exact) mass is 516 g/mol. The van der Waals surface area contributed by atoms with Gasteiger partial charge in [0.05, 0.1) is 32.3 Å². The highest BCUT2D eigenvalue weighted by atomic mass is 16.5. The van der Waals surface area contributed by atoms with Gasteiger partial charge in [0, 0.05) is 30.1 Å². The van der Waals surface area contributed by atoms with Gasteiger partial charge in [-0.3, -0.25) is 9.59 Å². The number of ether oxygens (including phenoxy) is 2. The zero-order valence-electron chi connectivity index (χ0n) is 22.0. The van der Waals surface area contributed by atoms with Gasteiger partial charge in [-0.2, -0.15) is 0 Å². The Hall–Kier alpha value is -2.62. The van der Waals surface area contributed by atoms with Crippen LogP contribution in [0.3, 0.4) is 0 Å². The van der Waals surface area contributed by atoms with Crippen LogP contribution in [0.2, 0.25) is 0 Å². The number of hydrogen-bond donors (Lipinski definition) is 4. The van der Waals surface area contributed by atoms with Crippen molar-refractivity contribution in [3.05, 3.63) is 34.9 Å². The number of nitrogens with one attached hydrogen (secondary N) is 1. The fourth-order valence-corrected chi connectivity index (χ4v) is 6.02.